The zero-order chi connectivity index (χ0) is 12.4. The topological polar surface area (TPSA) is 24.9 Å². The number of anilines is 1. The number of rotatable bonds is 3. The largest absolute Gasteiger partial charge is 0.328 e. The number of halogens is 1. The van der Waals surface area contributed by atoms with Crippen LogP contribution in [-0.4, -0.2) is 4.98 Å². The van der Waals surface area contributed by atoms with Gasteiger partial charge in [0.15, 0.2) is 0 Å². The second-order valence-electron chi connectivity index (χ2n) is 4.05. The van der Waals surface area contributed by atoms with E-state index in [4.69, 9.17) is 0 Å². The second-order valence-corrected chi connectivity index (χ2v) is 5.70. The van der Waals surface area contributed by atoms with Gasteiger partial charge in [-0.05, 0) is 29.8 Å². The van der Waals surface area contributed by atoms with Crippen LogP contribution in [0.15, 0.2) is 48.5 Å². The standard InChI is InChI=1S/C14H11IN2S/c15-17-11-5-3-4-10(8-11)9-14-16-12-6-1-2-7-13(12)18-14/h1-8,17H,9H2. The first-order valence-corrected chi connectivity index (χ1v) is 7.55. The molecule has 0 unspecified atom stereocenters. The van der Waals surface area contributed by atoms with Crippen molar-refractivity contribution in [3.05, 3.63) is 59.1 Å². The Morgan fingerprint density at radius 2 is 2.00 bits per heavy atom. The third-order valence-corrected chi connectivity index (χ3v) is 4.39. The van der Waals surface area contributed by atoms with Crippen LogP contribution in [0.25, 0.3) is 10.2 Å². The molecule has 0 aliphatic carbocycles. The van der Waals surface area contributed by atoms with E-state index >= 15 is 0 Å². The van der Waals surface area contributed by atoms with Gasteiger partial charge in [0.1, 0.15) is 0 Å². The van der Waals surface area contributed by atoms with Crippen molar-refractivity contribution in [1.82, 2.24) is 4.98 Å². The number of aromatic nitrogens is 1. The molecular weight excluding hydrogens is 355 g/mol. The number of hydrogen-bond acceptors (Lipinski definition) is 3. The molecule has 0 spiro atoms. The monoisotopic (exact) mass is 366 g/mol. The molecule has 0 saturated heterocycles. The summed E-state index contributed by atoms with van der Waals surface area (Å²) in [7, 11) is 0. The minimum absolute atomic E-state index is 0.894. The Kier molecular flexibility index (Phi) is 3.47. The van der Waals surface area contributed by atoms with Crippen molar-refractivity contribution in [3.63, 3.8) is 0 Å². The molecule has 0 bridgehead atoms. The quantitative estimate of drug-likeness (QED) is 0.539. The van der Waals surface area contributed by atoms with Crippen molar-refractivity contribution >= 4 is 50.1 Å². The highest BCUT2D eigenvalue weighted by atomic mass is 127. The number of nitrogens with zero attached hydrogens (tertiary/aromatic N) is 1. The van der Waals surface area contributed by atoms with Crippen LogP contribution >= 0.6 is 34.2 Å². The lowest BCUT2D eigenvalue weighted by Crippen LogP contribution is -1.88. The van der Waals surface area contributed by atoms with Crippen LogP contribution in [0.2, 0.25) is 0 Å². The van der Waals surface area contributed by atoms with Crippen molar-refractivity contribution in [2.24, 2.45) is 0 Å². The molecule has 0 saturated carbocycles. The highest BCUT2D eigenvalue weighted by Crippen LogP contribution is 2.24. The molecule has 18 heavy (non-hydrogen) atoms. The molecule has 4 heteroatoms. The van der Waals surface area contributed by atoms with Gasteiger partial charge >= 0.3 is 0 Å². The molecule has 3 rings (SSSR count). The summed E-state index contributed by atoms with van der Waals surface area (Å²) in [6.45, 7) is 0. The molecule has 1 N–H and O–H groups in total. The van der Waals surface area contributed by atoms with E-state index in [0.717, 1.165) is 17.6 Å². The van der Waals surface area contributed by atoms with Crippen LogP contribution in [0.3, 0.4) is 0 Å². The van der Waals surface area contributed by atoms with Gasteiger partial charge in [-0.2, -0.15) is 0 Å². The lowest BCUT2D eigenvalue weighted by molar-refractivity contribution is 1.16. The zero-order valence-electron chi connectivity index (χ0n) is 9.56. The molecule has 2 aromatic carbocycles. The van der Waals surface area contributed by atoms with E-state index in [1.807, 2.05) is 6.07 Å². The number of hydrogen-bond donors (Lipinski definition) is 1. The van der Waals surface area contributed by atoms with Gasteiger partial charge in [-0.3, -0.25) is 0 Å². The summed E-state index contributed by atoms with van der Waals surface area (Å²) in [6, 6.07) is 16.7. The molecular formula is C14H11IN2S. The van der Waals surface area contributed by atoms with E-state index in [-0.39, 0.29) is 0 Å². The minimum Gasteiger partial charge on any atom is -0.328 e. The van der Waals surface area contributed by atoms with Gasteiger partial charge in [-0.15, -0.1) is 11.3 Å². The normalized spacial score (nSPS) is 10.7. The predicted molar refractivity (Wildman–Crippen MR) is 86.5 cm³/mol. The van der Waals surface area contributed by atoms with Crippen molar-refractivity contribution in [2.75, 3.05) is 3.53 Å². The third-order valence-electron chi connectivity index (χ3n) is 2.73. The summed E-state index contributed by atoms with van der Waals surface area (Å²) in [4.78, 5) is 4.66. The maximum Gasteiger partial charge on any atom is 0.0982 e. The Hall–Kier alpha value is -1.14. The SMILES string of the molecule is INc1cccc(Cc2nc3ccccc3s2)c1. The van der Waals surface area contributed by atoms with E-state index in [1.54, 1.807) is 11.3 Å². The number of nitrogens with one attached hydrogen (secondary N) is 1. The molecule has 1 heterocycles. The van der Waals surface area contributed by atoms with Crippen LogP contribution < -0.4 is 3.53 Å². The highest BCUT2D eigenvalue weighted by Gasteiger charge is 2.04. The van der Waals surface area contributed by atoms with Gasteiger partial charge in [0.05, 0.1) is 38.1 Å². The van der Waals surface area contributed by atoms with Crippen molar-refractivity contribution in [2.45, 2.75) is 6.42 Å². The zero-order valence-corrected chi connectivity index (χ0v) is 12.5. The summed E-state index contributed by atoms with van der Waals surface area (Å²) in [6.07, 6.45) is 0.894. The van der Waals surface area contributed by atoms with E-state index in [1.165, 1.54) is 15.3 Å². The molecule has 0 aliphatic heterocycles. The molecule has 0 fully saturated rings. The molecule has 1 aromatic heterocycles. The third kappa shape index (κ3) is 2.49. The van der Waals surface area contributed by atoms with Crippen LogP contribution in [0.4, 0.5) is 5.69 Å². The average molecular weight is 366 g/mol. The van der Waals surface area contributed by atoms with Gasteiger partial charge in [0.2, 0.25) is 0 Å². The number of thiazole rings is 1. The summed E-state index contributed by atoms with van der Waals surface area (Å²) in [5, 5.41) is 1.17. The Morgan fingerprint density at radius 3 is 2.83 bits per heavy atom. The van der Waals surface area contributed by atoms with Crippen LogP contribution in [0.1, 0.15) is 10.6 Å². The number of fused-ring (bicyclic) bond motifs is 1. The first-order chi connectivity index (χ1) is 8.85. The Balaban J connectivity index is 1.91. The Labute approximate surface area is 124 Å². The second kappa shape index (κ2) is 5.24. The molecule has 2 nitrogen and oxygen atoms in total. The van der Waals surface area contributed by atoms with Gasteiger partial charge in [-0.25, -0.2) is 4.98 Å². The van der Waals surface area contributed by atoms with Crippen LogP contribution in [0.5, 0.6) is 0 Å². The fraction of sp³-hybridized carbons (Fsp3) is 0.0714. The fourth-order valence-electron chi connectivity index (χ4n) is 1.91. The first-order valence-electron chi connectivity index (χ1n) is 5.65. The lowest BCUT2D eigenvalue weighted by atomic mass is 10.1. The Bertz CT molecular complexity index is 645. The maximum absolute atomic E-state index is 4.66. The van der Waals surface area contributed by atoms with Gasteiger partial charge < -0.3 is 3.53 Å². The van der Waals surface area contributed by atoms with Crippen molar-refractivity contribution in [1.29, 1.82) is 0 Å². The van der Waals surface area contributed by atoms with Gasteiger partial charge in [0.25, 0.3) is 0 Å². The maximum atomic E-state index is 4.66. The molecule has 0 atom stereocenters. The minimum atomic E-state index is 0.894. The smallest absolute Gasteiger partial charge is 0.0982 e. The molecule has 0 aliphatic rings. The number of benzene rings is 2. The number of para-hydroxylation sites is 1. The molecule has 0 radical (unpaired) electrons. The first kappa shape index (κ1) is 11.9. The van der Waals surface area contributed by atoms with E-state index < -0.39 is 0 Å². The summed E-state index contributed by atoms with van der Waals surface area (Å²) in [5.41, 5.74) is 3.52. The van der Waals surface area contributed by atoms with Crippen molar-refractivity contribution < 1.29 is 0 Å². The predicted octanol–water partition coefficient (Wildman–Crippen LogP) is 4.65. The Morgan fingerprint density at radius 1 is 1.11 bits per heavy atom. The molecule has 3 aromatic rings. The highest BCUT2D eigenvalue weighted by molar-refractivity contribution is 14.1. The average Bonchev–Trinajstić information content (AvgIpc) is 2.81. The van der Waals surface area contributed by atoms with Crippen LogP contribution in [-0.2, 0) is 6.42 Å². The summed E-state index contributed by atoms with van der Waals surface area (Å²) < 4.78 is 4.39. The van der Waals surface area contributed by atoms with E-state index in [0.29, 0.717) is 0 Å². The molecule has 90 valence electrons. The fourth-order valence-corrected chi connectivity index (χ4v) is 3.25. The molecule has 0 amide bonds. The van der Waals surface area contributed by atoms with E-state index in [2.05, 4.69) is 73.8 Å². The van der Waals surface area contributed by atoms with E-state index in [9.17, 15) is 0 Å². The van der Waals surface area contributed by atoms with Gasteiger partial charge in [-0.1, -0.05) is 24.3 Å². The van der Waals surface area contributed by atoms with Gasteiger partial charge in [0, 0.05) is 12.1 Å². The summed E-state index contributed by atoms with van der Waals surface area (Å²) >= 11 is 3.92. The van der Waals surface area contributed by atoms with Crippen molar-refractivity contribution in [3.8, 4) is 0 Å². The van der Waals surface area contributed by atoms with Crippen LogP contribution in [0, 0.1) is 0 Å². The lowest BCUT2D eigenvalue weighted by Gasteiger charge is -2.01. The summed E-state index contributed by atoms with van der Waals surface area (Å²) in [5.74, 6) is 0.